The number of hydrogen-bond acceptors (Lipinski definition) is 2. The van der Waals surface area contributed by atoms with Crippen LogP contribution in [0.1, 0.15) is 18.4 Å². The van der Waals surface area contributed by atoms with Gasteiger partial charge in [-0.3, -0.25) is 0 Å². The van der Waals surface area contributed by atoms with E-state index >= 15 is 0 Å². The molecule has 2 aromatic carbocycles. The molecule has 0 radical (unpaired) electrons. The topological polar surface area (TPSA) is 21.3 Å². The molecule has 0 aromatic heterocycles. The van der Waals surface area contributed by atoms with E-state index in [0.29, 0.717) is 12.6 Å². The lowest BCUT2D eigenvalue weighted by Crippen LogP contribution is -2.00. The second kappa shape index (κ2) is 6.48. The summed E-state index contributed by atoms with van der Waals surface area (Å²) in [6.45, 7) is 0.621. The van der Waals surface area contributed by atoms with E-state index in [-0.39, 0.29) is 12.4 Å². The molecular weight excluding hydrogens is 258 g/mol. The summed E-state index contributed by atoms with van der Waals surface area (Å²) in [5.74, 6) is 0.917. The van der Waals surface area contributed by atoms with Gasteiger partial charge in [0.05, 0.1) is 0 Å². The number of nitrogens with one attached hydrogen (secondary N) is 1. The molecular formula is C16H18ClNO. The van der Waals surface area contributed by atoms with Gasteiger partial charge in [-0.15, -0.1) is 12.4 Å². The fourth-order valence-corrected chi connectivity index (χ4v) is 1.85. The van der Waals surface area contributed by atoms with Crippen LogP contribution in [-0.2, 0) is 6.61 Å². The number of benzene rings is 2. The molecule has 1 saturated carbocycles. The van der Waals surface area contributed by atoms with Crippen LogP contribution in [0.3, 0.4) is 0 Å². The third-order valence-corrected chi connectivity index (χ3v) is 3.05. The zero-order chi connectivity index (χ0) is 12.2. The van der Waals surface area contributed by atoms with Crippen molar-refractivity contribution in [3.63, 3.8) is 0 Å². The summed E-state index contributed by atoms with van der Waals surface area (Å²) in [4.78, 5) is 0. The molecule has 2 aromatic rings. The smallest absolute Gasteiger partial charge is 0.119 e. The predicted octanol–water partition coefficient (Wildman–Crippen LogP) is 4.26. The molecule has 19 heavy (non-hydrogen) atoms. The van der Waals surface area contributed by atoms with Gasteiger partial charge < -0.3 is 10.1 Å². The molecule has 0 atom stereocenters. The molecule has 0 bridgehead atoms. The third kappa shape index (κ3) is 4.18. The average molecular weight is 276 g/mol. The molecule has 0 heterocycles. The van der Waals surface area contributed by atoms with Crippen molar-refractivity contribution in [1.29, 1.82) is 0 Å². The second-order valence-corrected chi connectivity index (χ2v) is 4.72. The van der Waals surface area contributed by atoms with E-state index < -0.39 is 0 Å². The Kier molecular flexibility index (Phi) is 4.69. The van der Waals surface area contributed by atoms with Crippen LogP contribution in [0.15, 0.2) is 54.6 Å². The molecule has 2 nitrogen and oxygen atoms in total. The van der Waals surface area contributed by atoms with Crippen LogP contribution in [0.25, 0.3) is 0 Å². The molecule has 0 spiro atoms. The van der Waals surface area contributed by atoms with Crippen molar-refractivity contribution in [2.45, 2.75) is 25.5 Å². The highest BCUT2D eigenvalue weighted by atomic mass is 35.5. The first-order valence-corrected chi connectivity index (χ1v) is 6.43. The Morgan fingerprint density at radius 3 is 2.26 bits per heavy atom. The first kappa shape index (κ1) is 13.8. The first-order valence-electron chi connectivity index (χ1n) is 6.43. The van der Waals surface area contributed by atoms with E-state index in [1.54, 1.807) is 0 Å². The maximum atomic E-state index is 5.74. The largest absolute Gasteiger partial charge is 0.489 e. The van der Waals surface area contributed by atoms with Crippen molar-refractivity contribution in [2.75, 3.05) is 5.32 Å². The number of hydrogen-bond donors (Lipinski definition) is 1. The second-order valence-electron chi connectivity index (χ2n) is 4.72. The Morgan fingerprint density at radius 2 is 1.63 bits per heavy atom. The van der Waals surface area contributed by atoms with Gasteiger partial charge >= 0.3 is 0 Å². The van der Waals surface area contributed by atoms with Crippen molar-refractivity contribution >= 4 is 18.1 Å². The molecule has 1 aliphatic carbocycles. The van der Waals surface area contributed by atoms with Crippen LogP contribution in [0.5, 0.6) is 5.75 Å². The third-order valence-electron chi connectivity index (χ3n) is 3.05. The summed E-state index contributed by atoms with van der Waals surface area (Å²) < 4.78 is 5.74. The normalized spacial score (nSPS) is 13.5. The maximum Gasteiger partial charge on any atom is 0.119 e. The molecule has 1 fully saturated rings. The fraction of sp³-hybridized carbons (Fsp3) is 0.250. The maximum absolute atomic E-state index is 5.74. The van der Waals surface area contributed by atoms with Crippen LogP contribution in [0, 0.1) is 0 Å². The van der Waals surface area contributed by atoms with Crippen LogP contribution >= 0.6 is 12.4 Å². The molecule has 0 aliphatic heterocycles. The van der Waals surface area contributed by atoms with Gasteiger partial charge in [-0.2, -0.15) is 0 Å². The van der Waals surface area contributed by atoms with Crippen molar-refractivity contribution < 1.29 is 4.74 Å². The Morgan fingerprint density at radius 1 is 0.947 bits per heavy atom. The standard InChI is InChI=1S/C16H17NO.ClH/c1-2-4-13(5-3-1)12-18-16-10-8-15(9-11-16)17-14-6-7-14;/h1-5,8-11,14,17H,6-7,12H2;1H. The summed E-state index contributed by atoms with van der Waals surface area (Å²) in [5, 5.41) is 3.46. The van der Waals surface area contributed by atoms with Gasteiger partial charge in [0.15, 0.2) is 0 Å². The lowest BCUT2D eigenvalue weighted by atomic mass is 10.2. The van der Waals surface area contributed by atoms with E-state index in [0.717, 1.165) is 5.75 Å². The Hall–Kier alpha value is -1.67. The van der Waals surface area contributed by atoms with E-state index in [2.05, 4.69) is 29.6 Å². The summed E-state index contributed by atoms with van der Waals surface area (Å²) in [7, 11) is 0. The Labute approximate surface area is 120 Å². The fourth-order valence-electron chi connectivity index (χ4n) is 1.85. The number of halogens is 1. The summed E-state index contributed by atoms with van der Waals surface area (Å²) >= 11 is 0. The van der Waals surface area contributed by atoms with Gasteiger partial charge in [0.2, 0.25) is 0 Å². The van der Waals surface area contributed by atoms with E-state index in [4.69, 9.17) is 4.74 Å². The number of ether oxygens (including phenoxy) is 1. The summed E-state index contributed by atoms with van der Waals surface area (Å²) in [6.07, 6.45) is 2.60. The van der Waals surface area contributed by atoms with Crippen molar-refractivity contribution in [3.8, 4) is 5.75 Å². The lowest BCUT2D eigenvalue weighted by molar-refractivity contribution is 0.306. The highest BCUT2D eigenvalue weighted by molar-refractivity contribution is 5.85. The van der Waals surface area contributed by atoms with E-state index in [1.165, 1.54) is 24.1 Å². The first-order chi connectivity index (χ1) is 8.90. The lowest BCUT2D eigenvalue weighted by Gasteiger charge is -2.08. The zero-order valence-electron chi connectivity index (χ0n) is 10.7. The van der Waals surface area contributed by atoms with Crippen molar-refractivity contribution in [1.82, 2.24) is 0 Å². The Balaban J connectivity index is 0.00000133. The van der Waals surface area contributed by atoms with Crippen LogP contribution < -0.4 is 10.1 Å². The van der Waals surface area contributed by atoms with Gasteiger partial charge in [0.1, 0.15) is 12.4 Å². The molecule has 1 aliphatic rings. The minimum atomic E-state index is 0. The molecule has 0 unspecified atom stereocenters. The molecule has 3 heteroatoms. The number of rotatable bonds is 5. The highest BCUT2D eigenvalue weighted by Gasteiger charge is 2.20. The monoisotopic (exact) mass is 275 g/mol. The quantitative estimate of drug-likeness (QED) is 0.880. The van der Waals surface area contributed by atoms with Crippen LogP contribution in [-0.4, -0.2) is 6.04 Å². The van der Waals surface area contributed by atoms with Gasteiger partial charge in [0.25, 0.3) is 0 Å². The number of anilines is 1. The summed E-state index contributed by atoms with van der Waals surface area (Å²) in [5.41, 5.74) is 2.38. The van der Waals surface area contributed by atoms with Gasteiger partial charge in [-0.25, -0.2) is 0 Å². The Bertz CT molecular complexity index is 494. The van der Waals surface area contributed by atoms with Gasteiger partial charge in [-0.05, 0) is 42.7 Å². The van der Waals surface area contributed by atoms with Crippen molar-refractivity contribution in [2.24, 2.45) is 0 Å². The molecule has 0 amide bonds. The SMILES string of the molecule is Cl.c1ccc(COc2ccc(NC3CC3)cc2)cc1. The minimum Gasteiger partial charge on any atom is -0.489 e. The minimum absolute atomic E-state index is 0. The summed E-state index contributed by atoms with van der Waals surface area (Å²) in [6, 6.07) is 19.1. The van der Waals surface area contributed by atoms with Crippen LogP contribution in [0.4, 0.5) is 5.69 Å². The average Bonchev–Trinajstić information content (AvgIpc) is 3.23. The zero-order valence-corrected chi connectivity index (χ0v) is 11.5. The molecule has 0 saturated heterocycles. The highest BCUT2D eigenvalue weighted by Crippen LogP contribution is 2.25. The van der Waals surface area contributed by atoms with Crippen molar-refractivity contribution in [3.05, 3.63) is 60.2 Å². The van der Waals surface area contributed by atoms with Gasteiger partial charge in [0, 0.05) is 11.7 Å². The van der Waals surface area contributed by atoms with E-state index in [9.17, 15) is 0 Å². The van der Waals surface area contributed by atoms with Gasteiger partial charge in [-0.1, -0.05) is 30.3 Å². The molecule has 100 valence electrons. The molecule has 3 rings (SSSR count). The van der Waals surface area contributed by atoms with E-state index in [1.807, 2.05) is 30.3 Å². The van der Waals surface area contributed by atoms with Crippen LogP contribution in [0.2, 0.25) is 0 Å². The molecule has 1 N–H and O–H groups in total. The predicted molar refractivity (Wildman–Crippen MR) is 81.1 cm³/mol.